The van der Waals surface area contributed by atoms with Crippen molar-refractivity contribution in [1.82, 2.24) is 5.32 Å². The Morgan fingerprint density at radius 2 is 1.72 bits per heavy atom. The molecule has 0 amide bonds. The molecular formula is C14H19NO3. The SMILES string of the molecule is CNC1(c2ccc3c(c2)OCCO3)CCOCC1. The van der Waals surface area contributed by atoms with E-state index >= 15 is 0 Å². The molecule has 1 aromatic rings. The van der Waals surface area contributed by atoms with Crippen LogP contribution in [0.15, 0.2) is 18.2 Å². The minimum absolute atomic E-state index is 0.00802. The Hall–Kier alpha value is -1.26. The molecule has 18 heavy (non-hydrogen) atoms. The van der Waals surface area contributed by atoms with E-state index in [4.69, 9.17) is 14.2 Å². The van der Waals surface area contributed by atoms with Crippen LogP contribution in [0.5, 0.6) is 11.5 Å². The van der Waals surface area contributed by atoms with Crippen molar-refractivity contribution >= 4 is 0 Å². The molecule has 0 aliphatic carbocycles. The number of nitrogens with one attached hydrogen (secondary N) is 1. The molecule has 1 fully saturated rings. The zero-order valence-electron chi connectivity index (χ0n) is 10.7. The first-order valence-electron chi connectivity index (χ1n) is 6.51. The molecule has 2 aliphatic rings. The van der Waals surface area contributed by atoms with E-state index in [-0.39, 0.29) is 5.54 Å². The summed E-state index contributed by atoms with van der Waals surface area (Å²) in [7, 11) is 2.02. The third kappa shape index (κ3) is 1.95. The topological polar surface area (TPSA) is 39.7 Å². The lowest BCUT2D eigenvalue weighted by Crippen LogP contribution is -2.44. The standard InChI is InChI=1S/C14H19NO3/c1-15-14(4-6-16-7-5-14)11-2-3-12-13(10-11)18-9-8-17-12/h2-3,10,15H,4-9H2,1H3. The zero-order valence-corrected chi connectivity index (χ0v) is 10.7. The van der Waals surface area contributed by atoms with Crippen molar-refractivity contribution in [3.05, 3.63) is 23.8 Å². The third-order valence-electron chi connectivity index (χ3n) is 3.92. The van der Waals surface area contributed by atoms with E-state index in [0.29, 0.717) is 13.2 Å². The highest BCUT2D eigenvalue weighted by molar-refractivity contribution is 5.46. The van der Waals surface area contributed by atoms with Gasteiger partial charge in [-0.15, -0.1) is 0 Å². The van der Waals surface area contributed by atoms with E-state index in [1.165, 1.54) is 5.56 Å². The van der Waals surface area contributed by atoms with Crippen molar-refractivity contribution in [2.45, 2.75) is 18.4 Å². The fraction of sp³-hybridized carbons (Fsp3) is 0.571. The molecule has 3 rings (SSSR count). The Morgan fingerprint density at radius 3 is 2.44 bits per heavy atom. The van der Waals surface area contributed by atoms with Gasteiger partial charge in [-0.1, -0.05) is 6.07 Å². The highest BCUT2D eigenvalue weighted by Gasteiger charge is 2.33. The van der Waals surface area contributed by atoms with Crippen molar-refractivity contribution in [3.8, 4) is 11.5 Å². The second kappa shape index (κ2) is 4.78. The van der Waals surface area contributed by atoms with Crippen molar-refractivity contribution in [1.29, 1.82) is 0 Å². The van der Waals surface area contributed by atoms with E-state index in [1.54, 1.807) is 0 Å². The summed E-state index contributed by atoms with van der Waals surface area (Å²) in [5.41, 5.74) is 1.27. The summed E-state index contributed by atoms with van der Waals surface area (Å²) in [4.78, 5) is 0. The maximum Gasteiger partial charge on any atom is 0.161 e. The molecule has 2 aliphatic heterocycles. The number of rotatable bonds is 2. The van der Waals surface area contributed by atoms with Gasteiger partial charge in [0.1, 0.15) is 13.2 Å². The quantitative estimate of drug-likeness (QED) is 0.865. The summed E-state index contributed by atoms with van der Waals surface area (Å²) in [6.45, 7) is 2.87. The van der Waals surface area contributed by atoms with Gasteiger partial charge in [0.2, 0.25) is 0 Å². The average molecular weight is 249 g/mol. The first-order chi connectivity index (χ1) is 8.84. The molecule has 0 radical (unpaired) electrons. The first kappa shape index (κ1) is 11.8. The number of fused-ring (bicyclic) bond motifs is 1. The molecule has 1 aromatic carbocycles. The summed E-state index contributed by atoms with van der Waals surface area (Å²) >= 11 is 0. The van der Waals surface area contributed by atoms with Crippen molar-refractivity contribution < 1.29 is 14.2 Å². The average Bonchev–Trinajstić information content (AvgIpc) is 2.47. The van der Waals surface area contributed by atoms with E-state index in [9.17, 15) is 0 Å². The normalized spacial score (nSPS) is 21.6. The van der Waals surface area contributed by atoms with Gasteiger partial charge in [0.05, 0.1) is 0 Å². The Bertz CT molecular complexity index is 427. The minimum Gasteiger partial charge on any atom is -0.486 e. The highest BCUT2D eigenvalue weighted by atomic mass is 16.6. The smallest absolute Gasteiger partial charge is 0.161 e. The molecule has 98 valence electrons. The van der Waals surface area contributed by atoms with Gasteiger partial charge in [0.15, 0.2) is 11.5 Å². The van der Waals surface area contributed by atoms with E-state index in [1.807, 2.05) is 13.1 Å². The summed E-state index contributed by atoms with van der Waals surface area (Å²) in [5, 5.41) is 3.46. The van der Waals surface area contributed by atoms with Gasteiger partial charge in [-0.25, -0.2) is 0 Å². The molecule has 0 spiro atoms. The van der Waals surface area contributed by atoms with Crippen LogP contribution in [-0.2, 0) is 10.3 Å². The molecular weight excluding hydrogens is 230 g/mol. The summed E-state index contributed by atoms with van der Waals surface area (Å²) in [6, 6.07) is 6.25. The van der Waals surface area contributed by atoms with Crippen LogP contribution in [0.1, 0.15) is 18.4 Å². The molecule has 4 heteroatoms. The molecule has 1 N–H and O–H groups in total. The van der Waals surface area contributed by atoms with Crippen LogP contribution in [0.2, 0.25) is 0 Å². The molecule has 1 saturated heterocycles. The van der Waals surface area contributed by atoms with Crippen LogP contribution in [0.4, 0.5) is 0 Å². The van der Waals surface area contributed by atoms with E-state index in [2.05, 4.69) is 17.4 Å². The molecule has 0 aromatic heterocycles. The highest BCUT2D eigenvalue weighted by Crippen LogP contribution is 2.38. The number of hydrogen-bond donors (Lipinski definition) is 1. The van der Waals surface area contributed by atoms with Gasteiger partial charge in [-0.3, -0.25) is 0 Å². The van der Waals surface area contributed by atoms with Gasteiger partial charge in [0, 0.05) is 18.8 Å². The Labute approximate surface area is 107 Å². The predicted octanol–water partition coefficient (Wildman–Crippen LogP) is 1.68. The van der Waals surface area contributed by atoms with Crippen LogP contribution >= 0.6 is 0 Å². The molecule has 2 heterocycles. The summed E-state index contributed by atoms with van der Waals surface area (Å²) in [6.07, 6.45) is 1.98. The lowest BCUT2D eigenvalue weighted by atomic mass is 9.82. The zero-order chi connectivity index (χ0) is 12.4. The fourth-order valence-electron chi connectivity index (χ4n) is 2.74. The van der Waals surface area contributed by atoms with Gasteiger partial charge in [-0.2, -0.15) is 0 Å². The van der Waals surface area contributed by atoms with Crippen LogP contribution in [0, 0.1) is 0 Å². The van der Waals surface area contributed by atoms with Gasteiger partial charge < -0.3 is 19.5 Å². The maximum absolute atomic E-state index is 5.66. The second-order valence-electron chi connectivity index (χ2n) is 4.80. The summed E-state index contributed by atoms with van der Waals surface area (Å²) < 4.78 is 16.7. The summed E-state index contributed by atoms with van der Waals surface area (Å²) in [5.74, 6) is 1.71. The van der Waals surface area contributed by atoms with E-state index < -0.39 is 0 Å². The van der Waals surface area contributed by atoms with Gasteiger partial charge in [-0.05, 0) is 37.6 Å². The van der Waals surface area contributed by atoms with Crippen molar-refractivity contribution in [2.24, 2.45) is 0 Å². The van der Waals surface area contributed by atoms with Gasteiger partial charge in [0.25, 0.3) is 0 Å². The van der Waals surface area contributed by atoms with Crippen LogP contribution in [0.3, 0.4) is 0 Å². The molecule has 0 bridgehead atoms. The Balaban J connectivity index is 1.94. The van der Waals surface area contributed by atoms with Crippen LogP contribution in [0.25, 0.3) is 0 Å². The third-order valence-corrected chi connectivity index (χ3v) is 3.92. The monoisotopic (exact) mass is 249 g/mol. The molecule has 4 nitrogen and oxygen atoms in total. The lowest BCUT2D eigenvalue weighted by molar-refractivity contribution is 0.0396. The van der Waals surface area contributed by atoms with E-state index in [0.717, 1.165) is 37.6 Å². The van der Waals surface area contributed by atoms with Crippen LogP contribution < -0.4 is 14.8 Å². The second-order valence-corrected chi connectivity index (χ2v) is 4.80. The molecule has 0 saturated carbocycles. The Morgan fingerprint density at radius 1 is 1.00 bits per heavy atom. The largest absolute Gasteiger partial charge is 0.486 e. The first-order valence-corrected chi connectivity index (χ1v) is 6.51. The van der Waals surface area contributed by atoms with Crippen molar-refractivity contribution in [3.63, 3.8) is 0 Å². The number of hydrogen-bond acceptors (Lipinski definition) is 4. The number of benzene rings is 1. The number of ether oxygens (including phenoxy) is 3. The molecule has 0 atom stereocenters. The van der Waals surface area contributed by atoms with Crippen LogP contribution in [-0.4, -0.2) is 33.5 Å². The molecule has 0 unspecified atom stereocenters. The lowest BCUT2D eigenvalue weighted by Gasteiger charge is -2.38. The predicted molar refractivity (Wildman–Crippen MR) is 68.2 cm³/mol. The maximum atomic E-state index is 5.66. The minimum atomic E-state index is 0.00802. The van der Waals surface area contributed by atoms with Gasteiger partial charge >= 0.3 is 0 Å². The fourth-order valence-corrected chi connectivity index (χ4v) is 2.74. The Kier molecular flexibility index (Phi) is 3.14. The van der Waals surface area contributed by atoms with Crippen molar-refractivity contribution in [2.75, 3.05) is 33.5 Å².